The van der Waals surface area contributed by atoms with Gasteiger partial charge in [-0.25, -0.2) is 0 Å². The summed E-state index contributed by atoms with van der Waals surface area (Å²) in [6.45, 7) is 7.46. The maximum Gasteiger partial charge on any atom is 0.220 e. The van der Waals surface area contributed by atoms with E-state index < -0.39 is 0 Å². The van der Waals surface area contributed by atoms with Crippen molar-refractivity contribution in [2.75, 3.05) is 41.0 Å². The predicted molar refractivity (Wildman–Crippen MR) is 107 cm³/mol. The van der Waals surface area contributed by atoms with E-state index in [1.807, 2.05) is 12.1 Å². The lowest BCUT2D eigenvalue weighted by Gasteiger charge is -2.35. The molecule has 0 radical (unpaired) electrons. The predicted octanol–water partition coefficient (Wildman–Crippen LogP) is 2.88. The summed E-state index contributed by atoms with van der Waals surface area (Å²) >= 11 is 0. The van der Waals surface area contributed by atoms with E-state index in [2.05, 4.69) is 24.1 Å². The van der Waals surface area contributed by atoms with Gasteiger partial charge < -0.3 is 24.4 Å². The number of piperidine rings is 1. The summed E-state index contributed by atoms with van der Waals surface area (Å²) in [5.41, 5.74) is 0.939. The number of nitrogens with zero attached hydrogens (tertiary/aromatic N) is 1. The summed E-state index contributed by atoms with van der Waals surface area (Å²) in [4.78, 5) is 14.8. The van der Waals surface area contributed by atoms with Crippen LogP contribution in [-0.4, -0.2) is 57.8 Å². The lowest BCUT2D eigenvalue weighted by Crippen LogP contribution is -2.43. The molecule has 1 heterocycles. The lowest BCUT2D eigenvalue weighted by atomic mass is 9.97. The Labute approximate surface area is 163 Å². The van der Waals surface area contributed by atoms with Crippen LogP contribution >= 0.6 is 0 Å². The van der Waals surface area contributed by atoms with Crippen LogP contribution in [0, 0.1) is 5.92 Å². The number of hydrogen-bond acceptors (Lipinski definition) is 5. The van der Waals surface area contributed by atoms with Crippen LogP contribution in [-0.2, 0) is 11.2 Å². The average Bonchev–Trinajstić information content (AvgIpc) is 2.69. The Hall–Kier alpha value is -1.95. The molecule has 1 amide bonds. The summed E-state index contributed by atoms with van der Waals surface area (Å²) in [5.74, 6) is 2.43. The minimum absolute atomic E-state index is 0.0773. The van der Waals surface area contributed by atoms with Gasteiger partial charge in [-0.05, 0) is 57.2 Å². The lowest BCUT2D eigenvalue weighted by molar-refractivity contribution is -0.121. The number of ether oxygens (including phenoxy) is 3. The monoisotopic (exact) mass is 378 g/mol. The Balaban J connectivity index is 1.87. The molecular formula is C21H34N2O4. The second kappa shape index (κ2) is 10.4. The van der Waals surface area contributed by atoms with Gasteiger partial charge in [0, 0.05) is 25.6 Å². The fraction of sp³-hybridized carbons (Fsp3) is 0.667. The van der Waals surface area contributed by atoms with E-state index in [0.717, 1.165) is 18.7 Å². The van der Waals surface area contributed by atoms with Gasteiger partial charge in [-0.3, -0.25) is 4.79 Å². The summed E-state index contributed by atoms with van der Waals surface area (Å²) in [5, 5.41) is 3.11. The first-order valence-electron chi connectivity index (χ1n) is 9.78. The molecule has 0 saturated carbocycles. The van der Waals surface area contributed by atoms with Gasteiger partial charge in [0.25, 0.3) is 0 Å². The van der Waals surface area contributed by atoms with Crippen molar-refractivity contribution in [3.8, 4) is 17.2 Å². The van der Waals surface area contributed by atoms with Gasteiger partial charge in [0.15, 0.2) is 11.5 Å². The Morgan fingerprint density at radius 2 is 1.93 bits per heavy atom. The van der Waals surface area contributed by atoms with E-state index in [4.69, 9.17) is 14.2 Å². The smallest absolute Gasteiger partial charge is 0.220 e. The first-order chi connectivity index (χ1) is 13.0. The summed E-state index contributed by atoms with van der Waals surface area (Å²) in [6.07, 6.45) is 3.42. The number of benzene rings is 1. The normalized spacial score (nSPS) is 17.6. The van der Waals surface area contributed by atoms with E-state index in [1.165, 1.54) is 19.4 Å². The highest BCUT2D eigenvalue weighted by Crippen LogP contribution is 2.40. The maximum absolute atomic E-state index is 12.3. The molecule has 0 bridgehead atoms. The highest BCUT2D eigenvalue weighted by atomic mass is 16.5. The topological polar surface area (TPSA) is 60.0 Å². The van der Waals surface area contributed by atoms with Gasteiger partial charge in [0.05, 0.1) is 21.3 Å². The molecule has 6 nitrogen and oxygen atoms in total. The Bertz CT molecular complexity index is 618. The minimum Gasteiger partial charge on any atom is -0.493 e. The number of nitrogens with one attached hydrogen (secondary N) is 1. The quantitative estimate of drug-likeness (QED) is 0.716. The van der Waals surface area contributed by atoms with Crippen molar-refractivity contribution >= 4 is 5.91 Å². The van der Waals surface area contributed by atoms with Crippen molar-refractivity contribution in [3.05, 3.63) is 17.7 Å². The van der Waals surface area contributed by atoms with Gasteiger partial charge in [-0.2, -0.15) is 0 Å². The standard InChI is InChI=1S/C21H34N2O4/c1-15(2)23-12-6-7-16(14-23)13-22-19(24)11-9-17-8-10-18(25-3)21(27-5)20(17)26-4/h8,10,15-16H,6-7,9,11-14H2,1-5H3,(H,22,24). The molecule has 1 aliphatic heterocycles. The molecule has 27 heavy (non-hydrogen) atoms. The van der Waals surface area contributed by atoms with Crippen molar-refractivity contribution < 1.29 is 19.0 Å². The van der Waals surface area contributed by atoms with Crippen molar-refractivity contribution in [1.82, 2.24) is 10.2 Å². The summed E-state index contributed by atoms with van der Waals surface area (Å²) in [7, 11) is 4.78. The molecule has 1 aromatic carbocycles. The van der Waals surface area contributed by atoms with Gasteiger partial charge in [-0.15, -0.1) is 0 Å². The molecule has 0 aromatic heterocycles. The van der Waals surface area contributed by atoms with E-state index in [1.54, 1.807) is 21.3 Å². The number of hydrogen-bond donors (Lipinski definition) is 1. The number of aryl methyl sites for hydroxylation is 1. The van der Waals surface area contributed by atoms with Gasteiger partial charge in [0.1, 0.15) is 0 Å². The van der Waals surface area contributed by atoms with Crippen LogP contribution in [0.2, 0.25) is 0 Å². The first-order valence-corrected chi connectivity index (χ1v) is 9.78. The van der Waals surface area contributed by atoms with Crippen LogP contribution in [0.25, 0.3) is 0 Å². The third-order valence-corrected chi connectivity index (χ3v) is 5.28. The molecule has 1 aromatic rings. The number of methoxy groups -OCH3 is 3. The SMILES string of the molecule is COc1ccc(CCC(=O)NCC2CCCN(C(C)C)C2)c(OC)c1OC. The molecule has 1 atom stereocenters. The first kappa shape index (κ1) is 21.4. The Morgan fingerprint density at radius 1 is 1.19 bits per heavy atom. The van der Waals surface area contributed by atoms with E-state index in [-0.39, 0.29) is 5.91 Å². The molecule has 2 rings (SSSR count). The maximum atomic E-state index is 12.3. The van der Waals surface area contributed by atoms with Crippen molar-refractivity contribution in [1.29, 1.82) is 0 Å². The molecule has 1 aliphatic rings. The Kier molecular flexibility index (Phi) is 8.23. The summed E-state index contributed by atoms with van der Waals surface area (Å²) in [6, 6.07) is 4.34. The van der Waals surface area contributed by atoms with Crippen LogP contribution in [0.5, 0.6) is 17.2 Å². The van der Waals surface area contributed by atoms with Crippen LogP contribution in [0.3, 0.4) is 0 Å². The fourth-order valence-corrected chi connectivity index (χ4v) is 3.69. The number of carbonyl (C=O) groups is 1. The number of likely N-dealkylation sites (tertiary alicyclic amines) is 1. The molecule has 1 unspecified atom stereocenters. The molecule has 1 fully saturated rings. The molecule has 0 aliphatic carbocycles. The number of amides is 1. The van der Waals surface area contributed by atoms with E-state index in [9.17, 15) is 4.79 Å². The molecule has 152 valence electrons. The van der Waals surface area contributed by atoms with Crippen LogP contribution < -0.4 is 19.5 Å². The van der Waals surface area contributed by atoms with Crippen molar-refractivity contribution in [3.63, 3.8) is 0 Å². The average molecular weight is 379 g/mol. The van der Waals surface area contributed by atoms with Gasteiger partial charge in [0.2, 0.25) is 11.7 Å². The second-order valence-electron chi connectivity index (χ2n) is 7.39. The molecule has 0 spiro atoms. The minimum atomic E-state index is 0.0773. The highest BCUT2D eigenvalue weighted by molar-refractivity contribution is 5.76. The molecule has 6 heteroatoms. The third kappa shape index (κ3) is 5.76. The van der Waals surface area contributed by atoms with Crippen LogP contribution in [0.1, 0.15) is 38.7 Å². The highest BCUT2D eigenvalue weighted by Gasteiger charge is 2.22. The molecule has 1 N–H and O–H groups in total. The van der Waals surface area contributed by atoms with E-state index >= 15 is 0 Å². The molecule has 1 saturated heterocycles. The van der Waals surface area contributed by atoms with Crippen LogP contribution in [0.4, 0.5) is 0 Å². The zero-order valence-corrected chi connectivity index (χ0v) is 17.3. The largest absolute Gasteiger partial charge is 0.493 e. The van der Waals surface area contributed by atoms with E-state index in [0.29, 0.717) is 42.0 Å². The zero-order valence-electron chi connectivity index (χ0n) is 17.3. The van der Waals surface area contributed by atoms with Crippen molar-refractivity contribution in [2.24, 2.45) is 5.92 Å². The fourth-order valence-electron chi connectivity index (χ4n) is 3.69. The number of rotatable bonds is 9. The third-order valence-electron chi connectivity index (χ3n) is 5.28. The van der Waals surface area contributed by atoms with Crippen LogP contribution in [0.15, 0.2) is 12.1 Å². The second-order valence-corrected chi connectivity index (χ2v) is 7.39. The van der Waals surface area contributed by atoms with Gasteiger partial charge in [-0.1, -0.05) is 6.07 Å². The van der Waals surface area contributed by atoms with Gasteiger partial charge >= 0.3 is 0 Å². The van der Waals surface area contributed by atoms with Crippen molar-refractivity contribution in [2.45, 2.75) is 45.6 Å². The molecular weight excluding hydrogens is 344 g/mol. The Morgan fingerprint density at radius 3 is 2.56 bits per heavy atom. The number of carbonyl (C=O) groups excluding carboxylic acids is 1. The summed E-state index contributed by atoms with van der Waals surface area (Å²) < 4.78 is 16.2. The zero-order chi connectivity index (χ0) is 19.8.